The van der Waals surface area contributed by atoms with Crippen molar-refractivity contribution in [2.45, 2.75) is 50.1 Å². The number of nitro benzene ring substituents is 1. The number of nitro groups is 1. The second-order valence-corrected chi connectivity index (χ2v) is 7.84. The van der Waals surface area contributed by atoms with E-state index in [9.17, 15) is 10.1 Å². The van der Waals surface area contributed by atoms with Gasteiger partial charge in [-0.2, -0.15) is 9.78 Å². The van der Waals surface area contributed by atoms with Crippen molar-refractivity contribution in [3.05, 3.63) is 45.8 Å². The van der Waals surface area contributed by atoms with Gasteiger partial charge in [0.15, 0.2) is 5.82 Å². The summed E-state index contributed by atoms with van der Waals surface area (Å²) in [5, 5.41) is 25.0. The Kier molecular flexibility index (Phi) is 5.01. The molecule has 1 saturated carbocycles. The van der Waals surface area contributed by atoms with Crippen LogP contribution in [0.2, 0.25) is 0 Å². The lowest BCUT2D eigenvalue weighted by molar-refractivity contribution is -0.384. The molecule has 0 N–H and O–H groups in total. The van der Waals surface area contributed by atoms with Gasteiger partial charge in [-0.3, -0.25) is 10.1 Å². The second kappa shape index (κ2) is 7.57. The molecule has 136 valence electrons. The summed E-state index contributed by atoms with van der Waals surface area (Å²) >= 11 is 1.61. The monoisotopic (exact) mass is 371 g/mol. The molecule has 7 nitrogen and oxygen atoms in total. The summed E-state index contributed by atoms with van der Waals surface area (Å²) in [6, 6.07) is 6.56. The summed E-state index contributed by atoms with van der Waals surface area (Å²) in [7, 11) is 0. The van der Waals surface area contributed by atoms with Crippen LogP contribution in [0.5, 0.6) is 0 Å². The Morgan fingerprint density at radius 3 is 2.65 bits per heavy atom. The highest BCUT2D eigenvalue weighted by atomic mass is 32.2. The van der Waals surface area contributed by atoms with E-state index in [0.717, 1.165) is 41.0 Å². The maximum absolute atomic E-state index is 10.8. The van der Waals surface area contributed by atoms with E-state index in [4.69, 9.17) is 5.10 Å². The molecule has 26 heavy (non-hydrogen) atoms. The highest BCUT2D eigenvalue weighted by Crippen LogP contribution is 2.29. The van der Waals surface area contributed by atoms with Crippen LogP contribution in [0.1, 0.15) is 49.9 Å². The minimum absolute atomic E-state index is 0.0935. The summed E-state index contributed by atoms with van der Waals surface area (Å²) in [6.45, 7) is 0. The summed E-state index contributed by atoms with van der Waals surface area (Å²) < 4.78 is 1.85. The predicted molar refractivity (Wildman–Crippen MR) is 101 cm³/mol. The van der Waals surface area contributed by atoms with Gasteiger partial charge in [0.05, 0.1) is 10.6 Å². The van der Waals surface area contributed by atoms with Gasteiger partial charge in [0.25, 0.3) is 5.69 Å². The minimum Gasteiger partial charge on any atom is -0.258 e. The van der Waals surface area contributed by atoms with Crippen molar-refractivity contribution in [2.24, 2.45) is 11.0 Å². The molecule has 0 bridgehead atoms. The molecule has 1 aliphatic carbocycles. The van der Waals surface area contributed by atoms with Gasteiger partial charge in [-0.1, -0.05) is 43.9 Å². The Labute approximate surface area is 156 Å². The number of hydrogen-bond donors (Lipinski definition) is 0. The average molecular weight is 371 g/mol. The number of hydrogen-bond acceptors (Lipinski definition) is 6. The molecule has 0 spiro atoms. The van der Waals surface area contributed by atoms with E-state index in [0.29, 0.717) is 5.75 Å². The normalized spacial score (nSPS) is 17.6. The quantitative estimate of drug-likeness (QED) is 0.584. The lowest BCUT2D eigenvalue weighted by Crippen LogP contribution is -2.15. The van der Waals surface area contributed by atoms with Gasteiger partial charge < -0.3 is 0 Å². The fourth-order valence-electron chi connectivity index (χ4n) is 3.65. The molecule has 1 fully saturated rings. The van der Waals surface area contributed by atoms with E-state index in [-0.39, 0.29) is 10.6 Å². The van der Waals surface area contributed by atoms with Crippen molar-refractivity contribution in [3.63, 3.8) is 0 Å². The topological polar surface area (TPSA) is 86.2 Å². The van der Waals surface area contributed by atoms with Gasteiger partial charge in [0.1, 0.15) is 0 Å². The Bertz CT molecular complexity index is 825. The molecule has 1 aromatic carbocycles. The fourth-order valence-corrected chi connectivity index (χ4v) is 4.51. The average Bonchev–Trinajstić information content (AvgIpc) is 3.09. The van der Waals surface area contributed by atoms with Crippen LogP contribution in [0.25, 0.3) is 0 Å². The molecule has 0 atom stereocenters. The molecule has 0 unspecified atom stereocenters. The van der Waals surface area contributed by atoms with Crippen LogP contribution in [-0.2, 0) is 6.42 Å². The first-order valence-corrected chi connectivity index (χ1v) is 10.1. The summed E-state index contributed by atoms with van der Waals surface area (Å²) in [5.74, 6) is 2.40. The second-order valence-electron chi connectivity index (χ2n) is 6.89. The van der Waals surface area contributed by atoms with Gasteiger partial charge in [-0.25, -0.2) is 0 Å². The van der Waals surface area contributed by atoms with Crippen LogP contribution < -0.4 is 0 Å². The zero-order valence-corrected chi connectivity index (χ0v) is 15.3. The maximum Gasteiger partial charge on any atom is 0.269 e. The van der Waals surface area contributed by atoms with E-state index < -0.39 is 0 Å². The van der Waals surface area contributed by atoms with Crippen LogP contribution >= 0.6 is 11.8 Å². The number of fused-ring (bicyclic) bond motifs is 1. The van der Waals surface area contributed by atoms with Gasteiger partial charge in [0.2, 0.25) is 5.16 Å². The smallest absolute Gasteiger partial charge is 0.258 e. The van der Waals surface area contributed by atoms with Crippen molar-refractivity contribution in [2.75, 3.05) is 5.75 Å². The van der Waals surface area contributed by atoms with Crippen molar-refractivity contribution in [3.8, 4) is 0 Å². The van der Waals surface area contributed by atoms with Gasteiger partial charge in [-0.15, -0.1) is 10.2 Å². The van der Waals surface area contributed by atoms with E-state index >= 15 is 0 Å². The van der Waals surface area contributed by atoms with Crippen LogP contribution in [0, 0.1) is 16.0 Å². The Morgan fingerprint density at radius 1 is 1.15 bits per heavy atom. The summed E-state index contributed by atoms with van der Waals surface area (Å²) in [5.41, 5.74) is 1.90. The van der Waals surface area contributed by atoms with E-state index in [2.05, 4.69) is 10.2 Å². The molecule has 1 aliphatic heterocycles. The van der Waals surface area contributed by atoms with Crippen LogP contribution in [0.4, 0.5) is 5.69 Å². The molecule has 8 heteroatoms. The van der Waals surface area contributed by atoms with Crippen LogP contribution in [0.15, 0.2) is 34.5 Å². The lowest BCUT2D eigenvalue weighted by atomic mass is 9.86. The first-order chi connectivity index (χ1) is 12.7. The fraction of sp³-hybridized carbons (Fsp3) is 0.500. The third-order valence-electron chi connectivity index (χ3n) is 5.15. The molecule has 1 aromatic heterocycles. The molecule has 2 aromatic rings. The Hall–Kier alpha value is -2.22. The highest BCUT2D eigenvalue weighted by molar-refractivity contribution is 7.99. The Balaban J connectivity index is 1.51. The number of benzene rings is 1. The first-order valence-electron chi connectivity index (χ1n) is 9.10. The van der Waals surface area contributed by atoms with Crippen molar-refractivity contribution in [1.82, 2.24) is 14.9 Å². The molecule has 0 amide bonds. The molecular weight excluding hydrogens is 350 g/mol. The SMILES string of the molecule is O=[N+]([O-])c1ccc(C2=Nn3c(CCC4CCCCC4)nnc3SC2)cc1. The maximum atomic E-state index is 10.8. The van der Waals surface area contributed by atoms with E-state index in [1.165, 1.54) is 44.2 Å². The van der Waals surface area contributed by atoms with Crippen molar-refractivity contribution >= 4 is 23.2 Å². The summed E-state index contributed by atoms with van der Waals surface area (Å²) in [4.78, 5) is 10.4. The molecule has 0 saturated heterocycles. The number of rotatable bonds is 5. The zero-order chi connectivity index (χ0) is 17.9. The summed E-state index contributed by atoms with van der Waals surface area (Å²) in [6.07, 6.45) is 8.76. The minimum atomic E-state index is -0.386. The number of non-ortho nitro benzene ring substituents is 1. The molecule has 0 radical (unpaired) electrons. The largest absolute Gasteiger partial charge is 0.269 e. The number of aryl methyl sites for hydroxylation is 1. The predicted octanol–water partition coefficient (Wildman–Crippen LogP) is 4.06. The van der Waals surface area contributed by atoms with Gasteiger partial charge in [0, 0.05) is 24.3 Å². The molecule has 2 heterocycles. The van der Waals surface area contributed by atoms with Crippen molar-refractivity contribution in [1.29, 1.82) is 0 Å². The highest BCUT2D eigenvalue weighted by Gasteiger charge is 2.21. The first kappa shape index (κ1) is 17.2. The van der Waals surface area contributed by atoms with Crippen LogP contribution in [0.3, 0.4) is 0 Å². The van der Waals surface area contributed by atoms with Gasteiger partial charge >= 0.3 is 0 Å². The molecular formula is C18H21N5O2S. The van der Waals surface area contributed by atoms with E-state index in [1.807, 2.05) is 4.68 Å². The number of thioether (sulfide) groups is 1. The third kappa shape index (κ3) is 3.65. The number of aromatic nitrogens is 3. The standard InChI is InChI=1S/C18H21N5O2S/c24-23(25)15-9-7-14(8-10-15)16-12-26-18-20-19-17(22(18)21-16)11-6-13-4-2-1-3-5-13/h7-10,13H,1-6,11-12H2. The molecule has 2 aliphatic rings. The Morgan fingerprint density at radius 2 is 1.92 bits per heavy atom. The van der Waals surface area contributed by atoms with E-state index in [1.54, 1.807) is 23.9 Å². The van der Waals surface area contributed by atoms with Crippen molar-refractivity contribution < 1.29 is 4.92 Å². The zero-order valence-electron chi connectivity index (χ0n) is 14.5. The lowest BCUT2D eigenvalue weighted by Gasteiger charge is -2.21. The van der Waals surface area contributed by atoms with Crippen LogP contribution in [-0.4, -0.2) is 31.3 Å². The molecule has 4 rings (SSSR count). The van der Waals surface area contributed by atoms with Gasteiger partial charge in [-0.05, 0) is 30.0 Å². The third-order valence-corrected chi connectivity index (χ3v) is 6.08. The number of nitrogens with zero attached hydrogens (tertiary/aromatic N) is 5.